The quantitative estimate of drug-likeness (QED) is 0.797. The van der Waals surface area contributed by atoms with Gasteiger partial charge in [-0.3, -0.25) is 9.59 Å². The van der Waals surface area contributed by atoms with E-state index in [0.29, 0.717) is 18.9 Å². The van der Waals surface area contributed by atoms with Crippen molar-refractivity contribution < 1.29 is 9.59 Å². The summed E-state index contributed by atoms with van der Waals surface area (Å²) in [7, 11) is 0. The zero-order valence-corrected chi connectivity index (χ0v) is 17.1. The van der Waals surface area contributed by atoms with Crippen molar-refractivity contribution in [1.29, 1.82) is 0 Å². The Morgan fingerprint density at radius 3 is 2.81 bits per heavy atom. The van der Waals surface area contributed by atoms with Crippen molar-refractivity contribution in [3.8, 4) is 0 Å². The normalized spacial score (nSPS) is 26.7. The van der Waals surface area contributed by atoms with E-state index in [9.17, 15) is 9.59 Å². The maximum absolute atomic E-state index is 13.5. The maximum atomic E-state index is 13.5. The van der Waals surface area contributed by atoms with E-state index in [1.807, 2.05) is 36.9 Å². The standard InChI is InChI=1S/C22H30N2O2S/c1-16-5-6-18-19(7-8-21(25)20(18)13-16)22(26)24-11-12-27-15-17(24)14-23-9-3-2-4-10-23/h5-6,13,17,19H,2-4,7-12,14-15H2,1H3. The number of carbonyl (C=O) groups excluding carboxylic acids is 2. The number of hydrogen-bond acceptors (Lipinski definition) is 4. The van der Waals surface area contributed by atoms with Gasteiger partial charge in [0.05, 0.1) is 12.0 Å². The van der Waals surface area contributed by atoms with Crippen LogP contribution < -0.4 is 0 Å². The molecule has 2 atom stereocenters. The molecule has 2 aliphatic heterocycles. The number of piperidine rings is 1. The van der Waals surface area contributed by atoms with Gasteiger partial charge < -0.3 is 9.80 Å². The summed E-state index contributed by atoms with van der Waals surface area (Å²) >= 11 is 1.97. The fourth-order valence-electron chi connectivity index (χ4n) is 4.77. The monoisotopic (exact) mass is 386 g/mol. The van der Waals surface area contributed by atoms with Crippen molar-refractivity contribution in [3.63, 3.8) is 0 Å². The Hall–Kier alpha value is -1.33. The Balaban J connectivity index is 1.53. The number of Topliss-reactive ketones (excluding diaryl/α,β-unsaturated/α-hetero) is 1. The van der Waals surface area contributed by atoms with Crippen molar-refractivity contribution in [2.45, 2.75) is 51.0 Å². The molecule has 2 unspecified atom stereocenters. The molecule has 1 aromatic rings. The highest BCUT2D eigenvalue weighted by atomic mass is 32.2. The van der Waals surface area contributed by atoms with Crippen LogP contribution in [0.25, 0.3) is 0 Å². The van der Waals surface area contributed by atoms with Gasteiger partial charge in [-0.2, -0.15) is 11.8 Å². The highest BCUT2D eigenvalue weighted by Crippen LogP contribution is 2.35. The number of ketones is 1. The Morgan fingerprint density at radius 1 is 1.19 bits per heavy atom. The van der Waals surface area contributed by atoms with Crippen LogP contribution in [0.2, 0.25) is 0 Å². The predicted octanol–water partition coefficient (Wildman–Crippen LogP) is 3.49. The van der Waals surface area contributed by atoms with Crippen LogP contribution in [0.5, 0.6) is 0 Å². The molecule has 0 spiro atoms. The summed E-state index contributed by atoms with van der Waals surface area (Å²) in [6.45, 7) is 6.20. The zero-order valence-electron chi connectivity index (χ0n) is 16.3. The number of rotatable bonds is 3. The van der Waals surface area contributed by atoms with E-state index in [2.05, 4.69) is 9.80 Å². The minimum atomic E-state index is -0.148. The summed E-state index contributed by atoms with van der Waals surface area (Å²) in [6.07, 6.45) is 5.06. The second kappa shape index (κ2) is 8.36. The van der Waals surface area contributed by atoms with Gasteiger partial charge in [0.15, 0.2) is 5.78 Å². The summed E-state index contributed by atoms with van der Waals surface area (Å²) in [6, 6.07) is 6.33. The zero-order chi connectivity index (χ0) is 18.8. The van der Waals surface area contributed by atoms with Crippen LogP contribution in [-0.2, 0) is 4.79 Å². The first kappa shape index (κ1) is 19.0. The lowest BCUT2D eigenvalue weighted by molar-refractivity contribution is -0.135. The van der Waals surface area contributed by atoms with Gasteiger partial charge in [-0.05, 0) is 50.9 Å². The van der Waals surface area contributed by atoms with E-state index < -0.39 is 0 Å². The number of nitrogens with zero attached hydrogens (tertiary/aromatic N) is 2. The highest BCUT2D eigenvalue weighted by Gasteiger charge is 2.37. The topological polar surface area (TPSA) is 40.6 Å². The predicted molar refractivity (Wildman–Crippen MR) is 111 cm³/mol. The van der Waals surface area contributed by atoms with Crippen molar-refractivity contribution in [2.24, 2.45) is 0 Å². The Bertz CT molecular complexity index is 714. The van der Waals surface area contributed by atoms with Gasteiger partial charge in [-0.15, -0.1) is 0 Å². The number of likely N-dealkylation sites (tertiary alicyclic amines) is 1. The smallest absolute Gasteiger partial charge is 0.230 e. The summed E-state index contributed by atoms with van der Waals surface area (Å²) < 4.78 is 0. The molecule has 2 fully saturated rings. The lowest BCUT2D eigenvalue weighted by Crippen LogP contribution is -2.53. The van der Waals surface area contributed by atoms with Crippen LogP contribution in [-0.4, -0.2) is 65.2 Å². The van der Waals surface area contributed by atoms with Crippen molar-refractivity contribution >= 4 is 23.5 Å². The first-order chi connectivity index (χ1) is 13.1. The minimum Gasteiger partial charge on any atom is -0.336 e. The highest BCUT2D eigenvalue weighted by molar-refractivity contribution is 7.99. The van der Waals surface area contributed by atoms with E-state index in [4.69, 9.17) is 0 Å². The van der Waals surface area contributed by atoms with Gasteiger partial charge in [0.2, 0.25) is 5.91 Å². The van der Waals surface area contributed by atoms with E-state index in [0.717, 1.165) is 41.3 Å². The summed E-state index contributed by atoms with van der Waals surface area (Å²) in [5.74, 6) is 2.35. The molecular formula is C22H30N2O2S. The fourth-order valence-corrected chi connectivity index (χ4v) is 5.82. The van der Waals surface area contributed by atoms with Gasteiger partial charge in [0.25, 0.3) is 0 Å². The third-order valence-corrected chi connectivity index (χ3v) is 7.36. The molecule has 2 saturated heterocycles. The van der Waals surface area contributed by atoms with Gasteiger partial charge in [0, 0.05) is 36.6 Å². The SMILES string of the molecule is Cc1ccc2c(c1)C(=O)CCC2C(=O)N1CCSCC1CN1CCCCC1. The van der Waals surface area contributed by atoms with Gasteiger partial charge in [0.1, 0.15) is 0 Å². The number of benzene rings is 1. The minimum absolute atomic E-state index is 0.148. The van der Waals surface area contributed by atoms with Crippen molar-refractivity contribution in [1.82, 2.24) is 9.80 Å². The second-order valence-corrected chi connectivity index (χ2v) is 9.38. The summed E-state index contributed by atoms with van der Waals surface area (Å²) in [5.41, 5.74) is 2.82. The van der Waals surface area contributed by atoms with Gasteiger partial charge in [-0.25, -0.2) is 0 Å². The molecule has 146 valence electrons. The molecule has 0 saturated carbocycles. The number of amides is 1. The van der Waals surface area contributed by atoms with Crippen LogP contribution >= 0.6 is 11.8 Å². The molecule has 1 aromatic carbocycles. The molecule has 4 nitrogen and oxygen atoms in total. The van der Waals surface area contributed by atoms with Crippen LogP contribution in [0.4, 0.5) is 0 Å². The van der Waals surface area contributed by atoms with Crippen LogP contribution in [0.1, 0.15) is 59.5 Å². The molecule has 27 heavy (non-hydrogen) atoms. The first-order valence-corrected chi connectivity index (χ1v) is 11.5. The summed E-state index contributed by atoms with van der Waals surface area (Å²) in [5, 5.41) is 0. The average Bonchev–Trinajstić information content (AvgIpc) is 2.69. The molecule has 4 rings (SSSR count). The van der Waals surface area contributed by atoms with E-state index >= 15 is 0 Å². The van der Waals surface area contributed by atoms with E-state index in [1.165, 1.54) is 32.4 Å². The first-order valence-electron chi connectivity index (χ1n) is 10.4. The molecular weight excluding hydrogens is 356 g/mol. The molecule has 5 heteroatoms. The molecule has 0 N–H and O–H groups in total. The van der Waals surface area contributed by atoms with Gasteiger partial charge >= 0.3 is 0 Å². The van der Waals surface area contributed by atoms with Crippen LogP contribution in [0.15, 0.2) is 18.2 Å². The van der Waals surface area contributed by atoms with Gasteiger partial charge in [-0.1, -0.05) is 24.1 Å². The molecule has 0 radical (unpaired) electrons. The van der Waals surface area contributed by atoms with E-state index in [1.54, 1.807) is 0 Å². The second-order valence-electron chi connectivity index (χ2n) is 8.23. The number of fused-ring (bicyclic) bond motifs is 1. The molecule has 3 aliphatic rings. The van der Waals surface area contributed by atoms with Crippen molar-refractivity contribution in [3.05, 3.63) is 34.9 Å². The fraction of sp³-hybridized carbons (Fsp3) is 0.636. The lowest BCUT2D eigenvalue weighted by atomic mass is 9.80. The molecule has 2 heterocycles. The van der Waals surface area contributed by atoms with Crippen LogP contribution in [0.3, 0.4) is 0 Å². The van der Waals surface area contributed by atoms with Crippen LogP contribution in [0, 0.1) is 6.92 Å². The average molecular weight is 387 g/mol. The molecule has 0 bridgehead atoms. The number of carbonyl (C=O) groups is 2. The summed E-state index contributed by atoms with van der Waals surface area (Å²) in [4.78, 5) is 30.6. The Labute approximate surface area is 166 Å². The largest absolute Gasteiger partial charge is 0.336 e. The third-order valence-electron chi connectivity index (χ3n) is 6.27. The Kier molecular flexibility index (Phi) is 5.88. The number of hydrogen-bond donors (Lipinski definition) is 0. The van der Waals surface area contributed by atoms with Crippen molar-refractivity contribution in [2.75, 3.05) is 37.7 Å². The number of thioether (sulfide) groups is 1. The third kappa shape index (κ3) is 4.09. The molecule has 1 aliphatic carbocycles. The molecule has 1 amide bonds. The molecule has 0 aromatic heterocycles. The Morgan fingerprint density at radius 2 is 2.00 bits per heavy atom. The lowest BCUT2D eigenvalue weighted by Gasteiger charge is -2.41. The maximum Gasteiger partial charge on any atom is 0.230 e. The van der Waals surface area contributed by atoms with E-state index in [-0.39, 0.29) is 17.6 Å². The number of aryl methyl sites for hydroxylation is 1.